The molecule has 3 nitrogen and oxygen atoms in total. The Balaban J connectivity index is 2.56. The Morgan fingerprint density at radius 1 is 1.06 bits per heavy atom. The fraction of sp³-hybridized carbons (Fsp3) is 0.0833. The van der Waals surface area contributed by atoms with Crippen molar-refractivity contribution in [1.82, 2.24) is 0 Å². The van der Waals surface area contributed by atoms with E-state index in [0.29, 0.717) is 11.1 Å². The van der Waals surface area contributed by atoms with Crippen LogP contribution in [0.25, 0.3) is 10.8 Å². The number of halogens is 2. The van der Waals surface area contributed by atoms with E-state index in [0.717, 1.165) is 19.7 Å². The molecule has 0 amide bonds. The zero-order chi connectivity index (χ0) is 12.2. The van der Waals surface area contributed by atoms with Gasteiger partial charge in [0.25, 0.3) is 0 Å². The summed E-state index contributed by atoms with van der Waals surface area (Å²) in [6, 6.07) is 7.07. The fourth-order valence-corrected chi connectivity index (χ4v) is 3.40. The molecule has 5 heteroatoms. The van der Waals surface area contributed by atoms with Gasteiger partial charge in [0.1, 0.15) is 0 Å². The number of ether oxygens (including phenoxy) is 1. The molecule has 0 spiro atoms. The van der Waals surface area contributed by atoms with Crippen molar-refractivity contribution in [1.29, 1.82) is 0 Å². The topological polar surface area (TPSA) is 46.5 Å². The monoisotopic (exact) mass is 356 g/mol. The average Bonchev–Trinajstić information content (AvgIpc) is 2.28. The minimum absolute atomic E-state index is 0.477. The second-order valence-electron chi connectivity index (χ2n) is 3.74. The number of aliphatic hydroxyl groups is 1. The lowest BCUT2D eigenvalue weighted by molar-refractivity contribution is -0.0686. The Kier molecular flexibility index (Phi) is 2.50. The summed E-state index contributed by atoms with van der Waals surface area (Å²) in [4.78, 5) is 11.7. The van der Waals surface area contributed by atoms with Crippen LogP contribution in [0.3, 0.4) is 0 Å². The Bertz CT molecular complexity index is 643. The van der Waals surface area contributed by atoms with Gasteiger partial charge >= 0.3 is 5.97 Å². The molecule has 1 heterocycles. The maximum absolute atomic E-state index is 11.7. The highest BCUT2D eigenvalue weighted by Gasteiger charge is 2.28. The number of hydrogen-bond acceptors (Lipinski definition) is 3. The highest BCUT2D eigenvalue weighted by atomic mass is 79.9. The van der Waals surface area contributed by atoms with E-state index in [9.17, 15) is 9.90 Å². The molecule has 0 aliphatic carbocycles. The van der Waals surface area contributed by atoms with Gasteiger partial charge in [0.15, 0.2) is 0 Å². The first-order chi connectivity index (χ1) is 8.09. The van der Waals surface area contributed by atoms with Gasteiger partial charge in [-0.15, -0.1) is 0 Å². The summed E-state index contributed by atoms with van der Waals surface area (Å²) in [5.74, 6) is -0.499. The first-order valence-corrected chi connectivity index (χ1v) is 6.48. The van der Waals surface area contributed by atoms with Crippen LogP contribution in [0.15, 0.2) is 33.2 Å². The lowest BCUT2D eigenvalue weighted by Crippen LogP contribution is -2.18. The van der Waals surface area contributed by atoms with Crippen LogP contribution in [0.2, 0.25) is 0 Å². The predicted octanol–water partition coefficient (Wildman–Crippen LogP) is 3.53. The van der Waals surface area contributed by atoms with E-state index in [1.54, 1.807) is 18.2 Å². The van der Waals surface area contributed by atoms with Crippen molar-refractivity contribution in [2.45, 2.75) is 6.29 Å². The minimum atomic E-state index is -1.19. The van der Waals surface area contributed by atoms with Crippen molar-refractivity contribution < 1.29 is 14.6 Å². The van der Waals surface area contributed by atoms with Crippen LogP contribution in [-0.4, -0.2) is 11.1 Å². The van der Waals surface area contributed by atoms with Crippen molar-refractivity contribution in [3.05, 3.63) is 44.3 Å². The molecule has 1 aliphatic heterocycles. The van der Waals surface area contributed by atoms with Gasteiger partial charge in [0.05, 0.1) is 5.56 Å². The smallest absolute Gasteiger partial charge is 0.341 e. The third kappa shape index (κ3) is 1.53. The molecule has 1 N–H and O–H groups in total. The van der Waals surface area contributed by atoms with Crippen LogP contribution >= 0.6 is 31.9 Å². The molecular weight excluding hydrogens is 352 g/mol. The second kappa shape index (κ2) is 3.80. The second-order valence-corrected chi connectivity index (χ2v) is 5.45. The quantitative estimate of drug-likeness (QED) is 0.734. The van der Waals surface area contributed by atoms with Gasteiger partial charge in [-0.2, -0.15) is 0 Å². The van der Waals surface area contributed by atoms with Crippen LogP contribution in [0.4, 0.5) is 0 Å². The number of cyclic esters (lactones) is 1. The van der Waals surface area contributed by atoms with E-state index in [1.807, 2.05) is 6.07 Å². The summed E-state index contributed by atoms with van der Waals surface area (Å²) in [6.45, 7) is 0. The van der Waals surface area contributed by atoms with Gasteiger partial charge in [-0.3, -0.25) is 0 Å². The largest absolute Gasteiger partial charge is 0.428 e. The number of hydrogen-bond donors (Lipinski definition) is 1. The number of carbonyl (C=O) groups excluding carboxylic acids is 1. The van der Waals surface area contributed by atoms with Crippen LogP contribution in [-0.2, 0) is 4.74 Å². The molecule has 0 saturated carbocycles. The number of rotatable bonds is 0. The van der Waals surface area contributed by atoms with Crippen molar-refractivity contribution >= 4 is 48.6 Å². The van der Waals surface area contributed by atoms with Crippen molar-refractivity contribution in [3.8, 4) is 0 Å². The number of aliphatic hydroxyl groups excluding tert-OH is 1. The molecule has 1 atom stereocenters. The molecule has 0 bridgehead atoms. The fourth-order valence-electron chi connectivity index (χ4n) is 2.04. The number of carbonyl (C=O) groups is 1. The van der Waals surface area contributed by atoms with Crippen LogP contribution in [0.1, 0.15) is 22.2 Å². The first-order valence-electron chi connectivity index (χ1n) is 4.89. The molecule has 3 rings (SSSR count). The summed E-state index contributed by atoms with van der Waals surface area (Å²) in [7, 11) is 0. The van der Waals surface area contributed by atoms with Crippen LogP contribution in [0.5, 0.6) is 0 Å². The maximum Gasteiger partial charge on any atom is 0.341 e. The lowest BCUT2D eigenvalue weighted by atomic mass is 9.97. The van der Waals surface area contributed by atoms with E-state index < -0.39 is 12.3 Å². The van der Waals surface area contributed by atoms with Gasteiger partial charge in [0, 0.05) is 25.3 Å². The van der Waals surface area contributed by atoms with Gasteiger partial charge in [-0.05, 0) is 18.2 Å². The van der Waals surface area contributed by atoms with E-state index in [1.165, 1.54) is 0 Å². The summed E-state index contributed by atoms with van der Waals surface area (Å²) in [6.07, 6.45) is -1.19. The van der Waals surface area contributed by atoms with E-state index in [4.69, 9.17) is 4.74 Å². The highest BCUT2D eigenvalue weighted by Crippen LogP contribution is 2.40. The lowest BCUT2D eigenvalue weighted by Gasteiger charge is -2.22. The molecule has 2 aromatic carbocycles. The average molecular weight is 358 g/mol. The number of benzene rings is 2. The Labute approximate surface area is 114 Å². The molecule has 0 radical (unpaired) electrons. The first kappa shape index (κ1) is 11.2. The van der Waals surface area contributed by atoms with E-state index in [-0.39, 0.29) is 0 Å². The minimum Gasteiger partial charge on any atom is -0.428 e. The highest BCUT2D eigenvalue weighted by molar-refractivity contribution is 9.11. The van der Waals surface area contributed by atoms with Gasteiger partial charge in [-0.25, -0.2) is 4.79 Å². The van der Waals surface area contributed by atoms with Gasteiger partial charge < -0.3 is 9.84 Å². The summed E-state index contributed by atoms with van der Waals surface area (Å²) < 4.78 is 6.60. The molecule has 1 aliphatic rings. The van der Waals surface area contributed by atoms with Crippen LogP contribution < -0.4 is 0 Å². The molecule has 0 aromatic heterocycles. The van der Waals surface area contributed by atoms with E-state index >= 15 is 0 Å². The zero-order valence-electron chi connectivity index (χ0n) is 8.41. The Morgan fingerprint density at radius 2 is 1.71 bits per heavy atom. The molecule has 17 heavy (non-hydrogen) atoms. The van der Waals surface area contributed by atoms with Crippen molar-refractivity contribution in [2.75, 3.05) is 0 Å². The van der Waals surface area contributed by atoms with Gasteiger partial charge in [0.2, 0.25) is 6.29 Å². The van der Waals surface area contributed by atoms with Gasteiger partial charge in [-0.1, -0.05) is 37.9 Å². The number of esters is 1. The predicted molar refractivity (Wildman–Crippen MR) is 69.7 cm³/mol. The maximum atomic E-state index is 11.7. The standard InChI is InChI=1S/C12H6Br2O3/c13-7-3-1-5-9-6(12(16)17-11(5)15)2-4-8(14)10(7)9/h1-4,11,15H. The molecule has 0 saturated heterocycles. The third-order valence-corrected chi connectivity index (χ3v) is 4.12. The summed E-state index contributed by atoms with van der Waals surface area (Å²) >= 11 is 6.89. The Hall–Kier alpha value is -0.910. The van der Waals surface area contributed by atoms with Crippen LogP contribution in [0, 0.1) is 0 Å². The summed E-state index contributed by atoms with van der Waals surface area (Å²) in [5.41, 5.74) is 1.09. The van der Waals surface area contributed by atoms with E-state index in [2.05, 4.69) is 31.9 Å². The SMILES string of the molecule is O=C1OC(O)c2ccc(Br)c3c(Br)ccc1c23. The third-order valence-electron chi connectivity index (χ3n) is 2.80. The molecule has 2 aromatic rings. The summed E-state index contributed by atoms with van der Waals surface area (Å²) in [5, 5.41) is 11.4. The van der Waals surface area contributed by atoms with Crippen molar-refractivity contribution in [3.63, 3.8) is 0 Å². The zero-order valence-corrected chi connectivity index (χ0v) is 11.6. The molecule has 86 valence electrons. The molecule has 1 unspecified atom stereocenters. The Morgan fingerprint density at radius 3 is 2.41 bits per heavy atom. The molecular formula is C12H6Br2O3. The normalized spacial score (nSPS) is 18.3. The van der Waals surface area contributed by atoms with Crippen molar-refractivity contribution in [2.24, 2.45) is 0 Å². The molecule has 0 fully saturated rings.